The summed E-state index contributed by atoms with van der Waals surface area (Å²) >= 11 is 20.7. The fraction of sp³-hybridized carbons (Fsp3) is 0.0800. The molecule has 0 saturated heterocycles. The zero-order valence-corrected chi connectivity index (χ0v) is 25.0. The Bertz CT molecular complexity index is 1610. The fourth-order valence-electron chi connectivity index (χ4n) is 3.46. The third kappa shape index (κ3) is 6.89. The smallest absolute Gasteiger partial charge is 0.267 e. The molecule has 0 aliphatic rings. The van der Waals surface area contributed by atoms with Gasteiger partial charge in [-0.05, 0) is 48.7 Å². The quantitative estimate of drug-likeness (QED) is 0.136. The van der Waals surface area contributed by atoms with Crippen molar-refractivity contribution in [3.8, 4) is 0 Å². The molecule has 0 bridgehead atoms. The highest BCUT2D eigenvalue weighted by Gasteiger charge is 2.17. The van der Waals surface area contributed by atoms with Crippen molar-refractivity contribution in [2.45, 2.75) is 13.8 Å². The number of nitrogens with one attached hydrogen (secondary N) is 4. The van der Waals surface area contributed by atoms with Gasteiger partial charge in [0.05, 0.1) is 33.8 Å². The molecule has 3 aromatic heterocycles. The Labute approximate surface area is 256 Å². The number of carbonyl (C=O) groups is 2. The molecule has 0 fully saturated rings. The lowest BCUT2D eigenvalue weighted by Crippen LogP contribution is -2.11. The molecule has 5 rings (SSSR count). The Morgan fingerprint density at radius 1 is 0.683 bits per heavy atom. The molecule has 2 aromatic carbocycles. The summed E-state index contributed by atoms with van der Waals surface area (Å²) in [6.07, 6.45) is 2.84. The van der Waals surface area contributed by atoms with Crippen LogP contribution in [0.15, 0.2) is 48.8 Å². The Morgan fingerprint density at radius 3 is 1.54 bits per heavy atom. The second-order valence-electron chi connectivity index (χ2n) is 8.33. The van der Waals surface area contributed by atoms with Gasteiger partial charge in [-0.1, -0.05) is 70.1 Å². The average molecular weight is 647 g/mol. The number of anilines is 6. The summed E-state index contributed by atoms with van der Waals surface area (Å²) in [5.41, 5.74) is 2.72. The van der Waals surface area contributed by atoms with Crippen molar-refractivity contribution in [3.63, 3.8) is 0 Å². The molecule has 0 saturated carbocycles. The van der Waals surface area contributed by atoms with Crippen LogP contribution in [0, 0.1) is 13.8 Å². The van der Waals surface area contributed by atoms with Gasteiger partial charge in [0.1, 0.15) is 9.75 Å². The minimum Gasteiger partial charge on any atom is -0.320 e. The summed E-state index contributed by atoms with van der Waals surface area (Å²) in [6, 6.07) is 10.7. The zero-order chi connectivity index (χ0) is 29.1. The number of hydrogen-bond donors (Lipinski definition) is 4. The van der Waals surface area contributed by atoms with Gasteiger partial charge >= 0.3 is 0 Å². The number of aryl methyl sites for hydroxylation is 2. The molecule has 0 aliphatic heterocycles. The van der Waals surface area contributed by atoms with Crippen molar-refractivity contribution < 1.29 is 9.59 Å². The van der Waals surface area contributed by atoms with Gasteiger partial charge in [0.2, 0.25) is 17.2 Å². The Morgan fingerprint density at radius 2 is 1.12 bits per heavy atom. The maximum absolute atomic E-state index is 12.7. The SMILES string of the molecule is Cc1cccc(Cl)c1NC(=O)c1cnc(Nc2nc(Cl)nc(Nc3ncc(C(=O)Nc4c(C)cccc4Cl)s3)n2)s1. The van der Waals surface area contributed by atoms with Crippen LogP contribution >= 0.6 is 57.5 Å². The van der Waals surface area contributed by atoms with Crippen LogP contribution < -0.4 is 21.3 Å². The van der Waals surface area contributed by atoms with Crippen molar-refractivity contribution in [3.05, 3.63) is 85.0 Å². The summed E-state index contributed by atoms with van der Waals surface area (Å²) in [5, 5.41) is 12.9. The molecule has 5 aromatic rings. The van der Waals surface area contributed by atoms with E-state index in [1.165, 1.54) is 12.4 Å². The number of halogens is 3. The third-order valence-corrected chi connectivity index (χ3v) is 8.05. The van der Waals surface area contributed by atoms with Crippen molar-refractivity contribution in [1.29, 1.82) is 0 Å². The van der Waals surface area contributed by atoms with Crippen molar-refractivity contribution in [2.75, 3.05) is 21.3 Å². The van der Waals surface area contributed by atoms with Crippen LogP contribution in [0.1, 0.15) is 30.5 Å². The molecular weight excluding hydrogens is 629 g/mol. The van der Waals surface area contributed by atoms with Crippen LogP contribution in [0.3, 0.4) is 0 Å². The second-order valence-corrected chi connectivity index (χ2v) is 11.5. The van der Waals surface area contributed by atoms with Crippen molar-refractivity contribution in [1.82, 2.24) is 24.9 Å². The van der Waals surface area contributed by atoms with Gasteiger partial charge in [0, 0.05) is 0 Å². The van der Waals surface area contributed by atoms with Crippen molar-refractivity contribution >= 4 is 103 Å². The molecule has 0 spiro atoms. The summed E-state index contributed by atoms with van der Waals surface area (Å²) in [6.45, 7) is 3.69. The summed E-state index contributed by atoms with van der Waals surface area (Å²) < 4.78 is 0. The van der Waals surface area contributed by atoms with Crippen LogP contribution in [0.25, 0.3) is 0 Å². The molecule has 0 aliphatic carbocycles. The molecule has 41 heavy (non-hydrogen) atoms. The van der Waals surface area contributed by atoms with E-state index in [9.17, 15) is 9.59 Å². The molecule has 0 unspecified atom stereocenters. The highest BCUT2D eigenvalue weighted by atomic mass is 35.5. The molecule has 2 amide bonds. The van der Waals surface area contributed by atoms with Gasteiger partial charge in [0.25, 0.3) is 11.8 Å². The first-order chi connectivity index (χ1) is 19.7. The van der Waals surface area contributed by atoms with E-state index in [2.05, 4.69) is 46.2 Å². The van der Waals surface area contributed by atoms with E-state index in [4.69, 9.17) is 34.8 Å². The van der Waals surface area contributed by atoms with Gasteiger partial charge in [-0.25, -0.2) is 9.97 Å². The number of thiazole rings is 2. The van der Waals surface area contributed by atoms with Crippen LogP contribution in [-0.2, 0) is 0 Å². The standard InChI is InChI=1S/C25H18Cl3N9O2S2/c1-11-5-3-7-13(26)17(11)31-19(38)15-9-29-24(40-15)36-22-33-21(28)34-23(35-22)37-25-30-10-16(41-25)20(39)32-18-12(2)6-4-8-14(18)27/h3-10H,1-2H3,(H,31,38)(H,32,39)(H2,29,30,33,34,35,36,37). The topological polar surface area (TPSA) is 147 Å². The maximum atomic E-state index is 12.7. The minimum absolute atomic E-state index is 0.0828. The molecule has 0 atom stereocenters. The number of amides is 2. The van der Waals surface area contributed by atoms with E-state index in [1.54, 1.807) is 24.3 Å². The first-order valence-corrected chi connectivity index (χ1v) is 14.4. The number of para-hydroxylation sites is 2. The molecule has 11 nitrogen and oxygen atoms in total. The Hall–Kier alpha value is -3.88. The zero-order valence-electron chi connectivity index (χ0n) is 21.1. The van der Waals surface area contributed by atoms with Crippen molar-refractivity contribution in [2.24, 2.45) is 0 Å². The molecular formula is C25H18Cl3N9O2S2. The number of hydrogen-bond acceptors (Lipinski definition) is 11. The van der Waals surface area contributed by atoms with Gasteiger partial charge in [0.15, 0.2) is 10.3 Å². The van der Waals surface area contributed by atoms with E-state index >= 15 is 0 Å². The lowest BCUT2D eigenvalue weighted by atomic mass is 10.2. The number of rotatable bonds is 8. The van der Waals surface area contributed by atoms with Gasteiger partial charge in [-0.3, -0.25) is 20.2 Å². The molecule has 16 heteroatoms. The third-order valence-electron chi connectivity index (χ3n) is 5.43. The van der Waals surface area contributed by atoms with E-state index in [1.807, 2.05) is 26.0 Å². The van der Waals surface area contributed by atoms with E-state index in [0.717, 1.165) is 33.8 Å². The van der Waals surface area contributed by atoms with Gasteiger partial charge in [-0.2, -0.15) is 15.0 Å². The molecule has 3 heterocycles. The lowest BCUT2D eigenvalue weighted by molar-refractivity contribution is 0.102. The normalized spacial score (nSPS) is 10.8. The monoisotopic (exact) mass is 645 g/mol. The largest absolute Gasteiger partial charge is 0.320 e. The number of nitrogens with zero attached hydrogens (tertiary/aromatic N) is 5. The molecule has 4 N–H and O–H groups in total. The first kappa shape index (κ1) is 28.6. The lowest BCUT2D eigenvalue weighted by Gasteiger charge is -2.09. The summed E-state index contributed by atoms with van der Waals surface area (Å²) in [5.74, 6) is -0.564. The van der Waals surface area contributed by atoms with Gasteiger partial charge in [-0.15, -0.1) is 0 Å². The highest BCUT2D eigenvalue weighted by molar-refractivity contribution is 7.18. The first-order valence-electron chi connectivity index (χ1n) is 11.7. The van der Waals surface area contributed by atoms with Crippen LogP contribution in [0.4, 0.5) is 33.5 Å². The van der Waals surface area contributed by atoms with Gasteiger partial charge < -0.3 is 10.6 Å². The Kier molecular flexibility index (Phi) is 8.61. The molecule has 0 radical (unpaired) electrons. The molecule has 208 valence electrons. The average Bonchev–Trinajstić information content (AvgIpc) is 3.58. The number of aromatic nitrogens is 5. The number of carbonyl (C=O) groups excluding carboxylic acids is 2. The minimum atomic E-state index is -0.365. The predicted octanol–water partition coefficient (Wildman–Crippen LogP) is 7.35. The number of benzene rings is 2. The van der Waals surface area contributed by atoms with E-state index in [0.29, 0.717) is 41.4 Å². The summed E-state index contributed by atoms with van der Waals surface area (Å²) in [7, 11) is 0. The van der Waals surface area contributed by atoms with Crippen LogP contribution in [-0.4, -0.2) is 36.7 Å². The maximum Gasteiger partial charge on any atom is 0.267 e. The van der Waals surface area contributed by atoms with Crippen LogP contribution in [0.2, 0.25) is 15.3 Å². The predicted molar refractivity (Wildman–Crippen MR) is 164 cm³/mol. The highest BCUT2D eigenvalue weighted by Crippen LogP contribution is 2.30. The fourth-order valence-corrected chi connectivity index (χ4v) is 5.57. The van der Waals surface area contributed by atoms with E-state index < -0.39 is 0 Å². The summed E-state index contributed by atoms with van der Waals surface area (Å²) in [4.78, 5) is 47.0. The van der Waals surface area contributed by atoms with E-state index in [-0.39, 0.29) is 29.0 Å². The second kappa shape index (κ2) is 12.3. The van der Waals surface area contributed by atoms with Crippen LogP contribution in [0.5, 0.6) is 0 Å². The Balaban J connectivity index is 1.25.